The molecule has 18 heavy (non-hydrogen) atoms. The number of aromatic nitrogens is 3. The van der Waals surface area contributed by atoms with Gasteiger partial charge in [-0.25, -0.2) is 0 Å². The molecule has 90 valence electrons. The van der Waals surface area contributed by atoms with Gasteiger partial charge in [0.15, 0.2) is 0 Å². The average molecular weight is 321 g/mol. The fourth-order valence-electron chi connectivity index (χ4n) is 1.66. The number of anilines is 1. The van der Waals surface area contributed by atoms with Crippen LogP contribution in [0.1, 0.15) is 4.88 Å². The fraction of sp³-hybridized carbons (Fsp3) is 0.0833. The molecular formula is C12H9BrN4S. The van der Waals surface area contributed by atoms with Gasteiger partial charge in [0.1, 0.15) is 5.52 Å². The van der Waals surface area contributed by atoms with Crippen LogP contribution in [0.4, 0.5) is 5.69 Å². The Morgan fingerprint density at radius 2 is 2.22 bits per heavy atom. The minimum absolute atomic E-state index is 0.752. The Bertz CT molecular complexity index is 669. The maximum Gasteiger partial charge on any atom is 0.112 e. The molecule has 3 heterocycles. The molecule has 0 bridgehead atoms. The van der Waals surface area contributed by atoms with Gasteiger partial charge in [-0.05, 0) is 28.1 Å². The molecule has 0 fully saturated rings. The first-order valence-electron chi connectivity index (χ1n) is 5.34. The third kappa shape index (κ3) is 2.34. The number of thiazole rings is 1. The van der Waals surface area contributed by atoms with E-state index in [1.165, 1.54) is 4.88 Å². The van der Waals surface area contributed by atoms with E-state index in [2.05, 4.69) is 36.2 Å². The summed E-state index contributed by atoms with van der Waals surface area (Å²) in [5, 5.41) is 3.36. The lowest BCUT2D eigenvalue weighted by atomic mass is 10.3. The fourth-order valence-corrected chi connectivity index (χ4v) is 2.51. The molecule has 0 spiro atoms. The van der Waals surface area contributed by atoms with Gasteiger partial charge in [0.05, 0.1) is 23.3 Å². The number of fused-ring (bicyclic) bond motifs is 1. The number of hydrogen-bond donors (Lipinski definition) is 1. The maximum absolute atomic E-state index is 4.40. The predicted octanol–water partition coefficient (Wildman–Crippen LogP) is 3.46. The van der Waals surface area contributed by atoms with Crippen molar-refractivity contribution in [1.29, 1.82) is 0 Å². The highest BCUT2D eigenvalue weighted by molar-refractivity contribution is 9.10. The minimum atomic E-state index is 0.752. The summed E-state index contributed by atoms with van der Waals surface area (Å²) in [7, 11) is 0. The van der Waals surface area contributed by atoms with Crippen LogP contribution in [-0.4, -0.2) is 15.0 Å². The summed E-state index contributed by atoms with van der Waals surface area (Å²) in [6, 6.07) is 3.89. The number of hydrogen-bond acceptors (Lipinski definition) is 5. The Morgan fingerprint density at radius 3 is 3.06 bits per heavy atom. The van der Waals surface area contributed by atoms with Gasteiger partial charge in [-0.1, -0.05) is 0 Å². The SMILES string of the molecule is Brc1cnc2c(NCc3cncs3)ccnc2c1. The van der Waals surface area contributed by atoms with E-state index in [0.29, 0.717) is 0 Å². The van der Waals surface area contributed by atoms with E-state index in [9.17, 15) is 0 Å². The van der Waals surface area contributed by atoms with Crippen LogP contribution < -0.4 is 5.32 Å². The summed E-state index contributed by atoms with van der Waals surface area (Å²) >= 11 is 5.03. The largest absolute Gasteiger partial charge is 0.378 e. The zero-order chi connectivity index (χ0) is 12.4. The molecule has 3 aromatic heterocycles. The molecule has 0 amide bonds. The van der Waals surface area contributed by atoms with E-state index in [-0.39, 0.29) is 0 Å². The van der Waals surface area contributed by atoms with Crippen molar-refractivity contribution in [2.45, 2.75) is 6.54 Å². The van der Waals surface area contributed by atoms with Crippen molar-refractivity contribution in [2.24, 2.45) is 0 Å². The van der Waals surface area contributed by atoms with Crippen LogP contribution in [0.25, 0.3) is 11.0 Å². The van der Waals surface area contributed by atoms with Gasteiger partial charge in [-0.3, -0.25) is 15.0 Å². The first-order chi connectivity index (χ1) is 8.83. The van der Waals surface area contributed by atoms with Crippen molar-refractivity contribution < 1.29 is 0 Å². The smallest absolute Gasteiger partial charge is 0.112 e. The van der Waals surface area contributed by atoms with Gasteiger partial charge < -0.3 is 5.32 Å². The molecule has 0 aliphatic carbocycles. The third-order valence-electron chi connectivity index (χ3n) is 2.48. The number of rotatable bonds is 3. The van der Waals surface area contributed by atoms with Gasteiger partial charge in [-0.2, -0.15) is 0 Å². The standard InChI is InChI=1S/C12H9BrN4S/c13-8-3-11-12(17-4-8)10(1-2-15-11)16-6-9-5-14-7-18-9/h1-5,7H,6H2,(H,15,16). The lowest BCUT2D eigenvalue weighted by Crippen LogP contribution is -1.99. The van der Waals surface area contributed by atoms with Crippen molar-refractivity contribution in [3.8, 4) is 0 Å². The first kappa shape index (κ1) is 11.6. The molecular weight excluding hydrogens is 312 g/mol. The highest BCUT2D eigenvalue weighted by Crippen LogP contribution is 2.22. The van der Waals surface area contributed by atoms with Crippen molar-refractivity contribution in [3.63, 3.8) is 0 Å². The predicted molar refractivity (Wildman–Crippen MR) is 76.7 cm³/mol. The normalized spacial score (nSPS) is 10.7. The molecule has 0 saturated heterocycles. The second-order valence-corrected chi connectivity index (χ2v) is 5.59. The number of halogens is 1. The van der Waals surface area contributed by atoms with Gasteiger partial charge in [0.25, 0.3) is 0 Å². The van der Waals surface area contributed by atoms with E-state index >= 15 is 0 Å². The second-order valence-electron chi connectivity index (χ2n) is 3.70. The molecule has 3 aromatic rings. The van der Waals surface area contributed by atoms with Crippen LogP contribution in [0.15, 0.2) is 40.7 Å². The van der Waals surface area contributed by atoms with E-state index in [1.807, 2.05) is 23.8 Å². The zero-order valence-electron chi connectivity index (χ0n) is 9.30. The van der Waals surface area contributed by atoms with Crippen LogP contribution in [0, 0.1) is 0 Å². The summed E-state index contributed by atoms with van der Waals surface area (Å²) in [4.78, 5) is 13.9. The van der Waals surface area contributed by atoms with Crippen LogP contribution in [0.5, 0.6) is 0 Å². The quantitative estimate of drug-likeness (QED) is 0.803. The number of nitrogens with one attached hydrogen (secondary N) is 1. The Labute approximate surface area is 116 Å². The maximum atomic E-state index is 4.40. The van der Waals surface area contributed by atoms with Crippen molar-refractivity contribution in [1.82, 2.24) is 15.0 Å². The second kappa shape index (κ2) is 4.99. The molecule has 4 nitrogen and oxygen atoms in total. The Hall–Kier alpha value is -1.53. The molecule has 0 aliphatic heterocycles. The van der Waals surface area contributed by atoms with E-state index < -0.39 is 0 Å². The summed E-state index contributed by atoms with van der Waals surface area (Å²) in [6.45, 7) is 0.752. The summed E-state index contributed by atoms with van der Waals surface area (Å²) in [6.07, 6.45) is 5.43. The molecule has 0 radical (unpaired) electrons. The molecule has 0 aromatic carbocycles. The van der Waals surface area contributed by atoms with Crippen LogP contribution in [-0.2, 0) is 6.54 Å². The van der Waals surface area contributed by atoms with Gasteiger partial charge in [0.2, 0.25) is 0 Å². The average Bonchev–Trinajstić information content (AvgIpc) is 2.89. The molecule has 0 saturated carbocycles. The van der Waals surface area contributed by atoms with Crippen LogP contribution in [0.2, 0.25) is 0 Å². The summed E-state index contributed by atoms with van der Waals surface area (Å²) < 4.78 is 0.933. The minimum Gasteiger partial charge on any atom is -0.378 e. The molecule has 0 unspecified atom stereocenters. The summed E-state index contributed by atoms with van der Waals surface area (Å²) in [5.41, 5.74) is 4.57. The van der Waals surface area contributed by atoms with Crippen LogP contribution in [0.3, 0.4) is 0 Å². The van der Waals surface area contributed by atoms with Crippen molar-refractivity contribution >= 4 is 44.0 Å². The first-order valence-corrected chi connectivity index (χ1v) is 7.02. The van der Waals surface area contributed by atoms with Gasteiger partial charge in [0, 0.05) is 27.9 Å². The molecule has 6 heteroatoms. The van der Waals surface area contributed by atoms with E-state index in [1.54, 1.807) is 23.7 Å². The van der Waals surface area contributed by atoms with E-state index in [0.717, 1.165) is 27.7 Å². The monoisotopic (exact) mass is 320 g/mol. The lowest BCUT2D eigenvalue weighted by Gasteiger charge is -2.07. The Balaban J connectivity index is 1.92. The topological polar surface area (TPSA) is 50.7 Å². The Kier molecular flexibility index (Phi) is 3.21. The highest BCUT2D eigenvalue weighted by atomic mass is 79.9. The number of nitrogens with zero attached hydrogens (tertiary/aromatic N) is 3. The van der Waals surface area contributed by atoms with Crippen molar-refractivity contribution in [2.75, 3.05) is 5.32 Å². The lowest BCUT2D eigenvalue weighted by molar-refractivity contribution is 1.17. The number of pyridine rings is 2. The third-order valence-corrected chi connectivity index (χ3v) is 3.69. The van der Waals surface area contributed by atoms with Gasteiger partial charge in [-0.15, -0.1) is 11.3 Å². The summed E-state index contributed by atoms with van der Waals surface area (Å²) in [5.74, 6) is 0. The van der Waals surface area contributed by atoms with Gasteiger partial charge >= 0.3 is 0 Å². The zero-order valence-corrected chi connectivity index (χ0v) is 11.7. The molecule has 0 aliphatic rings. The highest BCUT2D eigenvalue weighted by Gasteiger charge is 2.04. The molecule has 0 atom stereocenters. The van der Waals surface area contributed by atoms with Crippen molar-refractivity contribution in [3.05, 3.63) is 45.6 Å². The van der Waals surface area contributed by atoms with Crippen LogP contribution >= 0.6 is 27.3 Å². The Morgan fingerprint density at radius 1 is 1.28 bits per heavy atom. The molecule has 3 rings (SSSR count). The molecule has 1 N–H and O–H groups in total. The van der Waals surface area contributed by atoms with E-state index in [4.69, 9.17) is 0 Å².